The molecule has 7 heteroatoms. The number of nitrogens with zero attached hydrogens (tertiary/aromatic N) is 1. The maximum absolute atomic E-state index is 11.9. The van der Waals surface area contributed by atoms with Crippen LogP contribution in [0.4, 0.5) is 0 Å². The number of nitrogens with one attached hydrogen (secondary N) is 1. The van der Waals surface area contributed by atoms with Gasteiger partial charge in [-0.2, -0.15) is 0 Å². The van der Waals surface area contributed by atoms with Crippen molar-refractivity contribution in [2.75, 3.05) is 26.3 Å². The minimum atomic E-state index is -0.367. The molecule has 7 nitrogen and oxygen atoms in total. The lowest BCUT2D eigenvalue weighted by molar-refractivity contribution is -0.137. The predicted molar refractivity (Wildman–Crippen MR) is 103 cm³/mol. The fraction of sp³-hybridized carbons (Fsp3) is 0.750. The Morgan fingerprint density at radius 3 is 2.26 bits per heavy atom. The highest BCUT2D eigenvalue weighted by molar-refractivity contribution is 6.13. The van der Waals surface area contributed by atoms with Crippen molar-refractivity contribution in [1.82, 2.24) is 10.2 Å². The van der Waals surface area contributed by atoms with Gasteiger partial charge >= 0.3 is 0 Å². The van der Waals surface area contributed by atoms with Crippen LogP contribution in [0, 0.1) is 0 Å². The van der Waals surface area contributed by atoms with E-state index in [-0.39, 0.29) is 41.9 Å². The lowest BCUT2D eigenvalue weighted by atomic mass is 9.99. The molecule has 0 saturated carbocycles. The van der Waals surface area contributed by atoms with Crippen LogP contribution in [0.3, 0.4) is 0 Å². The lowest BCUT2D eigenvalue weighted by Crippen LogP contribution is -2.37. The zero-order valence-corrected chi connectivity index (χ0v) is 17.3. The number of ether oxygens (including phenoxy) is 2. The van der Waals surface area contributed by atoms with Gasteiger partial charge in [0.25, 0.3) is 11.8 Å². The molecule has 1 heterocycles. The molecule has 1 aliphatic rings. The van der Waals surface area contributed by atoms with Gasteiger partial charge in [0.2, 0.25) is 5.91 Å². The van der Waals surface area contributed by atoms with Crippen molar-refractivity contribution in [2.24, 2.45) is 0 Å². The van der Waals surface area contributed by atoms with Gasteiger partial charge in [-0.3, -0.25) is 19.3 Å². The number of carbonyl (C=O) groups is 3. The smallest absolute Gasteiger partial charge is 0.253 e. The molecular formula is C20H34N2O5. The first-order valence-electron chi connectivity index (χ1n) is 9.70. The van der Waals surface area contributed by atoms with E-state index in [2.05, 4.69) is 19.2 Å². The predicted octanol–water partition coefficient (Wildman–Crippen LogP) is 2.20. The molecule has 1 aliphatic heterocycles. The Hall–Kier alpha value is -1.73. The van der Waals surface area contributed by atoms with E-state index < -0.39 is 0 Å². The standard InChI is InChI=1S/C20H34N2O5/c1-6-20(5,26-7-2)12-15-27-19(3,4)11-13-21-16(23)10-14-22-17(24)8-9-18(22)25/h8-9H,6-7,10-15H2,1-5H3,(H,21,23). The second-order valence-electron chi connectivity index (χ2n) is 7.61. The molecule has 154 valence electrons. The van der Waals surface area contributed by atoms with Gasteiger partial charge in [0.05, 0.1) is 17.8 Å². The van der Waals surface area contributed by atoms with E-state index in [9.17, 15) is 14.4 Å². The van der Waals surface area contributed by atoms with E-state index in [1.165, 1.54) is 12.2 Å². The highest BCUT2D eigenvalue weighted by Gasteiger charge is 2.25. The SMILES string of the molecule is CCOC(C)(CC)CCOC(C)(C)CCNC(=O)CCN1C(=O)C=CC1=O. The summed E-state index contributed by atoms with van der Waals surface area (Å²) in [6.45, 7) is 12.0. The molecule has 0 aliphatic carbocycles. The molecule has 0 saturated heterocycles. The summed E-state index contributed by atoms with van der Waals surface area (Å²) in [5.74, 6) is -0.921. The van der Waals surface area contributed by atoms with E-state index in [1.807, 2.05) is 20.8 Å². The molecule has 1 atom stereocenters. The molecule has 1 unspecified atom stereocenters. The minimum Gasteiger partial charge on any atom is -0.375 e. The van der Waals surface area contributed by atoms with Gasteiger partial charge in [-0.05, 0) is 47.0 Å². The van der Waals surface area contributed by atoms with Crippen LogP contribution < -0.4 is 5.32 Å². The maximum atomic E-state index is 11.9. The van der Waals surface area contributed by atoms with Crippen molar-refractivity contribution in [3.05, 3.63) is 12.2 Å². The molecule has 0 aromatic carbocycles. The third-order valence-electron chi connectivity index (χ3n) is 4.88. The van der Waals surface area contributed by atoms with Crippen LogP contribution in [-0.4, -0.2) is 60.1 Å². The molecule has 1 N–H and O–H groups in total. The third-order valence-corrected chi connectivity index (χ3v) is 4.88. The van der Waals surface area contributed by atoms with Crippen molar-refractivity contribution in [3.8, 4) is 0 Å². The first-order chi connectivity index (χ1) is 12.6. The van der Waals surface area contributed by atoms with Gasteiger partial charge < -0.3 is 14.8 Å². The van der Waals surface area contributed by atoms with E-state index >= 15 is 0 Å². The normalized spacial score (nSPS) is 16.7. The van der Waals surface area contributed by atoms with E-state index in [0.29, 0.717) is 26.2 Å². The lowest BCUT2D eigenvalue weighted by Gasteiger charge is -2.31. The summed E-state index contributed by atoms with van der Waals surface area (Å²) in [6.07, 6.45) is 4.95. The first-order valence-corrected chi connectivity index (χ1v) is 9.70. The number of amides is 3. The molecule has 0 aromatic heterocycles. The summed E-state index contributed by atoms with van der Waals surface area (Å²) < 4.78 is 11.8. The van der Waals surface area contributed by atoms with Crippen molar-refractivity contribution in [1.29, 1.82) is 0 Å². The minimum absolute atomic E-state index is 0.101. The Balaban J connectivity index is 2.24. The topological polar surface area (TPSA) is 84.9 Å². The third kappa shape index (κ3) is 8.22. The van der Waals surface area contributed by atoms with Crippen molar-refractivity contribution in [3.63, 3.8) is 0 Å². The fourth-order valence-electron chi connectivity index (χ4n) is 2.77. The van der Waals surface area contributed by atoms with Gasteiger partial charge in [0.1, 0.15) is 0 Å². The van der Waals surface area contributed by atoms with Gasteiger partial charge in [0, 0.05) is 38.3 Å². The highest BCUT2D eigenvalue weighted by atomic mass is 16.5. The first kappa shape index (κ1) is 23.3. The summed E-state index contributed by atoms with van der Waals surface area (Å²) in [4.78, 5) is 35.9. The average Bonchev–Trinajstić information content (AvgIpc) is 2.91. The van der Waals surface area contributed by atoms with Crippen LogP contribution in [0.25, 0.3) is 0 Å². The summed E-state index contributed by atoms with van der Waals surface area (Å²) in [5, 5.41) is 2.82. The van der Waals surface area contributed by atoms with E-state index in [0.717, 1.165) is 17.7 Å². The monoisotopic (exact) mass is 382 g/mol. The Bertz CT molecular complexity index is 541. The molecule has 0 bridgehead atoms. The molecule has 27 heavy (non-hydrogen) atoms. The van der Waals surface area contributed by atoms with Crippen LogP contribution in [0.15, 0.2) is 12.2 Å². The molecule has 0 aromatic rings. The zero-order chi connectivity index (χ0) is 20.5. The number of hydrogen-bond acceptors (Lipinski definition) is 5. The van der Waals surface area contributed by atoms with Crippen molar-refractivity contribution >= 4 is 17.7 Å². The summed E-state index contributed by atoms with van der Waals surface area (Å²) in [7, 11) is 0. The van der Waals surface area contributed by atoms with Gasteiger partial charge in [-0.1, -0.05) is 6.92 Å². The number of carbonyl (C=O) groups excluding carboxylic acids is 3. The van der Waals surface area contributed by atoms with Crippen molar-refractivity contribution in [2.45, 2.75) is 71.5 Å². The van der Waals surface area contributed by atoms with Crippen LogP contribution in [0.1, 0.15) is 60.3 Å². The van der Waals surface area contributed by atoms with Crippen LogP contribution in [0.5, 0.6) is 0 Å². The number of rotatable bonds is 13. The Morgan fingerprint density at radius 1 is 1.07 bits per heavy atom. The second-order valence-corrected chi connectivity index (χ2v) is 7.61. The van der Waals surface area contributed by atoms with Gasteiger partial charge in [-0.15, -0.1) is 0 Å². The fourth-order valence-corrected chi connectivity index (χ4v) is 2.77. The molecule has 0 radical (unpaired) electrons. The van der Waals surface area contributed by atoms with Crippen molar-refractivity contribution < 1.29 is 23.9 Å². The molecular weight excluding hydrogens is 348 g/mol. The molecule has 1 rings (SSSR count). The van der Waals surface area contributed by atoms with Gasteiger partial charge in [0.15, 0.2) is 0 Å². The quantitative estimate of drug-likeness (QED) is 0.494. The molecule has 3 amide bonds. The van der Waals surface area contributed by atoms with E-state index in [4.69, 9.17) is 9.47 Å². The largest absolute Gasteiger partial charge is 0.375 e. The highest BCUT2D eigenvalue weighted by Crippen LogP contribution is 2.22. The average molecular weight is 383 g/mol. The molecule has 0 fully saturated rings. The summed E-state index contributed by atoms with van der Waals surface area (Å²) >= 11 is 0. The maximum Gasteiger partial charge on any atom is 0.253 e. The Morgan fingerprint density at radius 2 is 1.70 bits per heavy atom. The molecule has 0 spiro atoms. The Labute approximate surface area is 162 Å². The number of hydrogen-bond donors (Lipinski definition) is 1. The van der Waals surface area contributed by atoms with Crippen LogP contribution >= 0.6 is 0 Å². The summed E-state index contributed by atoms with van der Waals surface area (Å²) in [5.41, 5.74) is -0.530. The van der Waals surface area contributed by atoms with Crippen LogP contribution in [-0.2, 0) is 23.9 Å². The van der Waals surface area contributed by atoms with E-state index in [1.54, 1.807) is 0 Å². The summed E-state index contributed by atoms with van der Waals surface area (Å²) in [6, 6.07) is 0. The van der Waals surface area contributed by atoms with Gasteiger partial charge in [-0.25, -0.2) is 0 Å². The second kappa shape index (κ2) is 10.6. The Kier molecular flexibility index (Phi) is 9.12. The van der Waals surface area contributed by atoms with Crippen LogP contribution in [0.2, 0.25) is 0 Å². The number of imide groups is 1. The zero-order valence-electron chi connectivity index (χ0n) is 17.3.